The third-order valence-corrected chi connectivity index (χ3v) is 13.3. The van der Waals surface area contributed by atoms with Gasteiger partial charge in [0.25, 0.3) is 0 Å². The topological polar surface area (TPSA) is 38.4 Å². The molecule has 8 atom stereocenters. The van der Waals surface area contributed by atoms with Crippen LogP contribution < -0.4 is 5.73 Å². The van der Waals surface area contributed by atoms with Crippen molar-refractivity contribution in [3.8, 4) is 0 Å². The maximum absolute atomic E-state index is 6.99. The van der Waals surface area contributed by atoms with Gasteiger partial charge in [0.1, 0.15) is 0 Å². The summed E-state index contributed by atoms with van der Waals surface area (Å²) in [6.07, 6.45) is 23.4. The van der Waals surface area contributed by atoms with E-state index in [1.54, 1.807) is 0 Å². The van der Waals surface area contributed by atoms with Gasteiger partial charge in [0.15, 0.2) is 0 Å². The van der Waals surface area contributed by atoms with E-state index >= 15 is 0 Å². The molecule has 3 fully saturated rings. The molecule has 0 aromatic heterocycles. The van der Waals surface area contributed by atoms with Crippen molar-refractivity contribution in [3.63, 3.8) is 0 Å². The molecule has 0 radical (unpaired) electrons. The number of nitrogens with zero attached hydrogens (tertiary/aromatic N) is 1. The van der Waals surface area contributed by atoms with Gasteiger partial charge in [-0.2, -0.15) is 0 Å². The van der Waals surface area contributed by atoms with Crippen LogP contribution in [0.15, 0.2) is 4.99 Å². The fourth-order valence-electron chi connectivity index (χ4n) is 10.5. The SMILES string of the molecule is CC(C)CCCC(C)CCC1CCC(C(CCC2CCC(C(C)(C)C)C(C)C2)N=C(N)C2CCC(C(C)(C)C)C(C)C2)CC1. The lowest BCUT2D eigenvalue weighted by Gasteiger charge is -2.42. The maximum Gasteiger partial charge on any atom is 0.0972 e. The van der Waals surface area contributed by atoms with Crippen molar-refractivity contribution in [2.24, 2.45) is 80.7 Å². The molecule has 0 amide bonds. The zero-order valence-corrected chi connectivity index (χ0v) is 31.9. The molecule has 0 bridgehead atoms. The van der Waals surface area contributed by atoms with Crippen LogP contribution in [0.25, 0.3) is 0 Å². The second kappa shape index (κ2) is 17.0. The monoisotopic (exact) mass is 613 g/mol. The molecule has 0 spiro atoms. The van der Waals surface area contributed by atoms with Crippen LogP contribution in [0, 0.1) is 70.0 Å². The Labute approximate surface area is 277 Å². The zero-order chi connectivity index (χ0) is 32.7. The van der Waals surface area contributed by atoms with E-state index in [1.165, 1.54) is 109 Å². The third-order valence-electron chi connectivity index (χ3n) is 13.3. The molecule has 3 saturated carbocycles. The fourth-order valence-corrected chi connectivity index (χ4v) is 10.5. The van der Waals surface area contributed by atoms with E-state index < -0.39 is 0 Å². The summed E-state index contributed by atoms with van der Waals surface area (Å²) in [5.74, 6) is 9.13. The molecule has 0 heterocycles. The Morgan fingerprint density at radius 1 is 0.659 bits per heavy atom. The normalized spacial score (nSPS) is 34.2. The maximum atomic E-state index is 6.99. The summed E-state index contributed by atoms with van der Waals surface area (Å²) >= 11 is 0. The van der Waals surface area contributed by atoms with Crippen molar-refractivity contribution in [2.45, 2.75) is 191 Å². The van der Waals surface area contributed by atoms with Crippen molar-refractivity contribution in [1.29, 1.82) is 0 Å². The van der Waals surface area contributed by atoms with Crippen molar-refractivity contribution in [2.75, 3.05) is 0 Å². The second-order valence-electron chi connectivity index (χ2n) is 19.6. The Morgan fingerprint density at radius 2 is 1.20 bits per heavy atom. The first kappa shape index (κ1) is 37.9. The summed E-state index contributed by atoms with van der Waals surface area (Å²) in [6.45, 7) is 26.9. The lowest BCUT2D eigenvalue weighted by molar-refractivity contribution is 0.0848. The molecule has 0 aromatic carbocycles. The lowest BCUT2D eigenvalue weighted by Crippen LogP contribution is -2.38. The molecule has 3 aliphatic carbocycles. The van der Waals surface area contributed by atoms with Crippen LogP contribution in [0.3, 0.4) is 0 Å². The van der Waals surface area contributed by atoms with E-state index in [-0.39, 0.29) is 0 Å². The van der Waals surface area contributed by atoms with E-state index in [9.17, 15) is 0 Å². The molecule has 0 saturated heterocycles. The van der Waals surface area contributed by atoms with Crippen LogP contribution in [0.5, 0.6) is 0 Å². The minimum atomic E-state index is 0.395. The highest BCUT2D eigenvalue weighted by atomic mass is 14.9. The standard InChI is InChI=1S/C42H80N2/c1-29(2)13-12-14-30(3)15-16-33-17-21-35(22-18-33)39(26-20-34-19-24-37(31(4)27-34)41(6,7)8)44-40(43)36-23-25-38(32(5)28-36)42(9,10)11/h29-39H,12-28H2,1-11H3,(H2,43,44). The van der Waals surface area contributed by atoms with E-state index in [4.69, 9.17) is 10.7 Å². The van der Waals surface area contributed by atoms with Gasteiger partial charge in [-0.15, -0.1) is 0 Å². The summed E-state index contributed by atoms with van der Waals surface area (Å²) in [7, 11) is 0. The van der Waals surface area contributed by atoms with Gasteiger partial charge in [0, 0.05) is 5.92 Å². The first-order chi connectivity index (χ1) is 20.5. The number of rotatable bonds is 13. The summed E-state index contributed by atoms with van der Waals surface area (Å²) in [5, 5.41) is 0. The predicted octanol–water partition coefficient (Wildman–Crippen LogP) is 12.7. The van der Waals surface area contributed by atoms with Crippen LogP contribution in [0.4, 0.5) is 0 Å². The predicted molar refractivity (Wildman–Crippen MR) is 196 cm³/mol. The number of aliphatic imine (C=N–C) groups is 1. The van der Waals surface area contributed by atoms with Gasteiger partial charge >= 0.3 is 0 Å². The number of hydrogen-bond donors (Lipinski definition) is 1. The molecule has 3 aliphatic rings. The third kappa shape index (κ3) is 11.9. The molecule has 2 N–H and O–H groups in total. The molecule has 3 rings (SSSR count). The van der Waals surface area contributed by atoms with Crippen LogP contribution in [-0.2, 0) is 0 Å². The lowest BCUT2D eigenvalue weighted by atomic mass is 9.64. The molecule has 2 nitrogen and oxygen atoms in total. The van der Waals surface area contributed by atoms with Crippen molar-refractivity contribution in [3.05, 3.63) is 0 Å². The average Bonchev–Trinajstić information content (AvgIpc) is 2.92. The summed E-state index contributed by atoms with van der Waals surface area (Å²) in [5.41, 5.74) is 7.83. The van der Waals surface area contributed by atoms with Crippen molar-refractivity contribution in [1.82, 2.24) is 0 Å². The van der Waals surface area contributed by atoms with E-state index in [0.717, 1.165) is 59.1 Å². The molecular weight excluding hydrogens is 532 g/mol. The smallest absolute Gasteiger partial charge is 0.0972 e. The Bertz CT molecular complexity index is 835. The van der Waals surface area contributed by atoms with Gasteiger partial charge in [0.05, 0.1) is 11.9 Å². The number of amidine groups is 1. The molecule has 2 heteroatoms. The molecule has 0 aromatic rings. The summed E-state index contributed by atoms with van der Waals surface area (Å²) < 4.78 is 0. The Morgan fingerprint density at radius 3 is 1.75 bits per heavy atom. The zero-order valence-electron chi connectivity index (χ0n) is 31.9. The number of nitrogens with two attached hydrogens (primary N) is 1. The first-order valence-corrected chi connectivity index (χ1v) is 19.9. The van der Waals surface area contributed by atoms with E-state index in [0.29, 0.717) is 22.8 Å². The number of hydrogen-bond acceptors (Lipinski definition) is 1. The highest BCUT2D eigenvalue weighted by Crippen LogP contribution is 2.46. The van der Waals surface area contributed by atoms with Gasteiger partial charge in [-0.05, 0) is 122 Å². The first-order valence-electron chi connectivity index (χ1n) is 19.9. The van der Waals surface area contributed by atoms with Gasteiger partial charge < -0.3 is 5.73 Å². The fraction of sp³-hybridized carbons (Fsp3) is 0.976. The Hall–Kier alpha value is -0.530. The van der Waals surface area contributed by atoms with Gasteiger partial charge in [-0.25, -0.2) is 0 Å². The minimum Gasteiger partial charge on any atom is -0.387 e. The van der Waals surface area contributed by atoms with Gasteiger partial charge in [-0.1, -0.05) is 128 Å². The van der Waals surface area contributed by atoms with Crippen LogP contribution in [0.2, 0.25) is 0 Å². The van der Waals surface area contributed by atoms with Crippen molar-refractivity contribution < 1.29 is 0 Å². The molecule has 258 valence electrons. The van der Waals surface area contributed by atoms with Crippen molar-refractivity contribution >= 4 is 5.84 Å². The van der Waals surface area contributed by atoms with Crippen LogP contribution >= 0.6 is 0 Å². The van der Waals surface area contributed by atoms with E-state index in [2.05, 4.69) is 76.2 Å². The average molecular weight is 613 g/mol. The highest BCUT2D eigenvalue weighted by molar-refractivity contribution is 5.83. The molecular formula is C42H80N2. The molecule has 0 aliphatic heterocycles. The molecule has 8 unspecified atom stereocenters. The van der Waals surface area contributed by atoms with Crippen LogP contribution in [0.1, 0.15) is 185 Å². The Balaban J connectivity index is 1.59. The summed E-state index contributed by atoms with van der Waals surface area (Å²) in [4.78, 5) is 5.54. The Kier molecular flexibility index (Phi) is 14.7. The van der Waals surface area contributed by atoms with Crippen LogP contribution in [-0.4, -0.2) is 11.9 Å². The molecule has 44 heavy (non-hydrogen) atoms. The summed E-state index contributed by atoms with van der Waals surface area (Å²) in [6, 6.07) is 0.456. The van der Waals surface area contributed by atoms with Gasteiger partial charge in [-0.3, -0.25) is 4.99 Å². The second-order valence-corrected chi connectivity index (χ2v) is 19.6. The van der Waals surface area contributed by atoms with Gasteiger partial charge in [0.2, 0.25) is 0 Å². The highest BCUT2D eigenvalue weighted by Gasteiger charge is 2.38. The minimum absolute atomic E-state index is 0.395. The quantitative estimate of drug-likeness (QED) is 0.163. The van der Waals surface area contributed by atoms with E-state index in [1.807, 2.05) is 0 Å². The largest absolute Gasteiger partial charge is 0.387 e.